The Balaban J connectivity index is 2.86. The molecule has 0 aliphatic carbocycles. The molecule has 0 fully saturated rings. The molecule has 1 aromatic heterocycles. The number of alkyl halides is 2. The number of nitrogens with two attached hydrogens (primary N) is 1. The van der Waals surface area contributed by atoms with Crippen LogP contribution in [-0.4, -0.2) is 0 Å². The average molecular weight is 325 g/mol. The van der Waals surface area contributed by atoms with Crippen molar-refractivity contribution in [1.82, 2.24) is 0 Å². The lowest BCUT2D eigenvalue weighted by Gasteiger charge is -2.00. The topological polar surface area (TPSA) is 26.0 Å². The van der Waals surface area contributed by atoms with Crippen molar-refractivity contribution >= 4 is 49.0 Å². The number of nitrogen functional groups attached to an aromatic ring is 1. The molecule has 0 bridgehead atoms. The molecule has 1 nitrogen and oxygen atoms in total. The predicted octanol–water partition coefficient (Wildman–Crippen LogP) is 4.03. The van der Waals surface area contributed by atoms with Crippen LogP contribution in [0.4, 0.5) is 13.8 Å². The minimum atomic E-state index is -2.50. The van der Waals surface area contributed by atoms with Gasteiger partial charge in [-0.25, -0.2) is 8.78 Å². The van der Waals surface area contributed by atoms with Gasteiger partial charge in [0.25, 0.3) is 6.43 Å². The van der Waals surface area contributed by atoms with Gasteiger partial charge >= 0.3 is 0 Å². The van der Waals surface area contributed by atoms with E-state index in [0.29, 0.717) is 5.39 Å². The molecule has 0 atom stereocenters. The molecule has 0 aliphatic rings. The molecule has 0 amide bonds. The maximum atomic E-state index is 12.7. The van der Waals surface area contributed by atoms with Gasteiger partial charge in [0.2, 0.25) is 0 Å². The third kappa shape index (κ3) is 1.48. The van der Waals surface area contributed by atoms with Crippen LogP contribution in [0.25, 0.3) is 10.1 Å². The summed E-state index contributed by atoms with van der Waals surface area (Å²) in [6.45, 7) is 0. The Labute approximate surface area is 97.1 Å². The van der Waals surface area contributed by atoms with Crippen molar-refractivity contribution in [3.05, 3.63) is 27.3 Å². The highest BCUT2D eigenvalue weighted by atomic mass is 127. The van der Waals surface area contributed by atoms with Crippen LogP contribution in [0.5, 0.6) is 0 Å². The molecule has 0 saturated heterocycles. The molecule has 0 spiro atoms. The fourth-order valence-corrected chi connectivity index (χ4v) is 3.34. The number of hydrogen-bond donors (Lipinski definition) is 1. The summed E-state index contributed by atoms with van der Waals surface area (Å²) in [7, 11) is 0. The maximum Gasteiger partial charge on any atom is 0.267 e. The van der Waals surface area contributed by atoms with Crippen molar-refractivity contribution in [2.24, 2.45) is 0 Å². The molecule has 1 aromatic carbocycles. The number of thiophene rings is 1. The summed E-state index contributed by atoms with van der Waals surface area (Å²) in [6, 6.07) is 5.46. The van der Waals surface area contributed by atoms with Crippen molar-refractivity contribution < 1.29 is 8.78 Å². The second-order valence-corrected chi connectivity index (χ2v) is 5.04. The first-order valence-electron chi connectivity index (χ1n) is 3.86. The molecule has 5 heteroatoms. The van der Waals surface area contributed by atoms with E-state index in [4.69, 9.17) is 5.73 Å². The highest BCUT2D eigenvalue weighted by Crippen LogP contribution is 2.41. The quantitative estimate of drug-likeness (QED) is 0.787. The molecule has 74 valence electrons. The Hall–Kier alpha value is -0.430. The Bertz CT molecular complexity index is 481. The Kier molecular flexibility index (Phi) is 2.61. The Morgan fingerprint density at radius 2 is 2.07 bits per heavy atom. The third-order valence-electron chi connectivity index (χ3n) is 1.95. The molecular formula is C9H6F2INS. The zero-order chi connectivity index (χ0) is 10.3. The first-order valence-corrected chi connectivity index (χ1v) is 5.75. The van der Waals surface area contributed by atoms with Crippen molar-refractivity contribution in [3.63, 3.8) is 0 Å². The SMILES string of the molecule is Nc1sc2cccc(I)c2c1C(F)F. The van der Waals surface area contributed by atoms with Gasteiger partial charge < -0.3 is 5.73 Å². The second-order valence-electron chi connectivity index (χ2n) is 2.79. The van der Waals surface area contributed by atoms with E-state index in [1.165, 1.54) is 11.3 Å². The number of rotatable bonds is 1. The summed E-state index contributed by atoms with van der Waals surface area (Å²) < 4.78 is 27.0. The molecule has 2 N–H and O–H groups in total. The van der Waals surface area contributed by atoms with Crippen LogP contribution in [-0.2, 0) is 0 Å². The first kappa shape index (κ1) is 10.1. The van der Waals surface area contributed by atoms with Gasteiger partial charge in [0.15, 0.2) is 0 Å². The first-order chi connectivity index (χ1) is 6.61. The molecule has 0 aliphatic heterocycles. The molecule has 2 aromatic rings. The van der Waals surface area contributed by atoms with Crippen LogP contribution in [0.3, 0.4) is 0 Å². The third-order valence-corrected chi connectivity index (χ3v) is 3.85. The molecule has 0 unspecified atom stereocenters. The molecular weight excluding hydrogens is 319 g/mol. The van der Waals surface area contributed by atoms with E-state index >= 15 is 0 Å². The predicted molar refractivity (Wildman–Crippen MR) is 63.9 cm³/mol. The minimum Gasteiger partial charge on any atom is -0.390 e. The van der Waals surface area contributed by atoms with E-state index in [1.807, 2.05) is 34.7 Å². The van der Waals surface area contributed by atoms with E-state index in [9.17, 15) is 8.78 Å². The van der Waals surface area contributed by atoms with Gasteiger partial charge in [-0.1, -0.05) is 6.07 Å². The lowest BCUT2D eigenvalue weighted by molar-refractivity contribution is 0.154. The van der Waals surface area contributed by atoms with Crippen LogP contribution in [0, 0.1) is 3.57 Å². The van der Waals surface area contributed by atoms with Crippen LogP contribution in [0.2, 0.25) is 0 Å². The highest BCUT2D eigenvalue weighted by Gasteiger charge is 2.19. The Morgan fingerprint density at radius 1 is 1.36 bits per heavy atom. The van der Waals surface area contributed by atoms with Crippen molar-refractivity contribution in [2.75, 3.05) is 5.73 Å². The lowest BCUT2D eigenvalue weighted by Crippen LogP contribution is -1.90. The summed E-state index contributed by atoms with van der Waals surface area (Å²) in [5.41, 5.74) is 5.54. The normalized spacial score (nSPS) is 11.4. The number of halogens is 3. The smallest absolute Gasteiger partial charge is 0.267 e. The van der Waals surface area contributed by atoms with Crippen molar-refractivity contribution in [3.8, 4) is 0 Å². The number of fused-ring (bicyclic) bond motifs is 1. The molecule has 1 heterocycles. The number of hydrogen-bond acceptors (Lipinski definition) is 2. The van der Waals surface area contributed by atoms with Gasteiger partial charge in [0.05, 0.1) is 10.6 Å². The summed E-state index contributed by atoms with van der Waals surface area (Å²) >= 11 is 3.26. The van der Waals surface area contributed by atoms with Crippen LogP contribution >= 0.6 is 33.9 Å². The average Bonchev–Trinajstić information content (AvgIpc) is 2.42. The largest absolute Gasteiger partial charge is 0.390 e. The zero-order valence-corrected chi connectivity index (χ0v) is 9.90. The van der Waals surface area contributed by atoms with Gasteiger partial charge in [-0.05, 0) is 34.7 Å². The van der Waals surface area contributed by atoms with E-state index in [0.717, 1.165) is 8.27 Å². The number of anilines is 1. The molecule has 14 heavy (non-hydrogen) atoms. The van der Waals surface area contributed by atoms with Crippen molar-refractivity contribution in [2.45, 2.75) is 6.43 Å². The van der Waals surface area contributed by atoms with Gasteiger partial charge in [0.1, 0.15) is 0 Å². The van der Waals surface area contributed by atoms with Gasteiger partial charge in [-0.2, -0.15) is 0 Å². The second kappa shape index (κ2) is 3.62. The summed E-state index contributed by atoms with van der Waals surface area (Å²) in [6.07, 6.45) is -2.50. The van der Waals surface area contributed by atoms with E-state index in [-0.39, 0.29) is 10.6 Å². The van der Waals surface area contributed by atoms with E-state index in [1.54, 1.807) is 6.07 Å². The summed E-state index contributed by atoms with van der Waals surface area (Å²) in [4.78, 5) is 0. The molecule has 2 rings (SSSR count). The van der Waals surface area contributed by atoms with Gasteiger partial charge in [0, 0.05) is 13.7 Å². The standard InChI is InChI=1S/C9H6F2INS/c10-8(11)7-6-4(12)2-1-3-5(6)14-9(7)13/h1-3,8H,13H2. The van der Waals surface area contributed by atoms with Crippen LogP contribution in [0.15, 0.2) is 18.2 Å². The Morgan fingerprint density at radius 3 is 2.71 bits per heavy atom. The monoisotopic (exact) mass is 325 g/mol. The highest BCUT2D eigenvalue weighted by molar-refractivity contribution is 14.1. The maximum absolute atomic E-state index is 12.7. The van der Waals surface area contributed by atoms with Crippen LogP contribution < -0.4 is 5.73 Å². The lowest BCUT2D eigenvalue weighted by atomic mass is 10.2. The minimum absolute atomic E-state index is 0.0185. The fraction of sp³-hybridized carbons (Fsp3) is 0.111. The summed E-state index contributed by atoms with van der Waals surface area (Å²) in [5, 5.41) is 0.824. The molecule has 0 saturated carbocycles. The van der Waals surface area contributed by atoms with Gasteiger partial charge in [-0.3, -0.25) is 0 Å². The fourth-order valence-electron chi connectivity index (χ4n) is 1.36. The van der Waals surface area contributed by atoms with E-state index < -0.39 is 6.43 Å². The number of benzene rings is 1. The zero-order valence-electron chi connectivity index (χ0n) is 6.93. The summed E-state index contributed by atoms with van der Waals surface area (Å²) in [5.74, 6) is 0. The van der Waals surface area contributed by atoms with E-state index in [2.05, 4.69) is 0 Å². The van der Waals surface area contributed by atoms with Gasteiger partial charge in [-0.15, -0.1) is 11.3 Å². The van der Waals surface area contributed by atoms with Crippen molar-refractivity contribution in [1.29, 1.82) is 0 Å². The molecule has 0 radical (unpaired) electrons. The van der Waals surface area contributed by atoms with Crippen LogP contribution in [0.1, 0.15) is 12.0 Å².